The molecule has 0 aromatic heterocycles. The fourth-order valence-corrected chi connectivity index (χ4v) is 2.34. The van der Waals surface area contributed by atoms with Crippen LogP contribution in [0.15, 0.2) is 18.2 Å². The number of benzene rings is 1. The van der Waals surface area contributed by atoms with Gasteiger partial charge in [0.05, 0.1) is 5.69 Å². The van der Waals surface area contributed by atoms with Crippen LogP contribution in [0.25, 0.3) is 0 Å². The second-order valence-electron chi connectivity index (χ2n) is 5.20. The van der Waals surface area contributed by atoms with Crippen LogP contribution in [0.5, 0.6) is 5.75 Å². The fraction of sp³-hybridized carbons (Fsp3) is 0.429. The Morgan fingerprint density at radius 2 is 2.24 bits per heavy atom. The molecule has 4 N–H and O–H groups in total. The topological polar surface area (TPSA) is 93.5 Å². The second kappa shape index (κ2) is 6.32. The highest BCUT2D eigenvalue weighted by atomic mass is 35.5. The SMILES string of the molecule is Cl.NCC(NC(=O)c1ccc2c(c1)NC(=O)CO2)C1CC1. The molecule has 3 rings (SSSR count). The van der Waals surface area contributed by atoms with E-state index in [2.05, 4.69) is 10.6 Å². The summed E-state index contributed by atoms with van der Waals surface area (Å²) in [7, 11) is 0. The van der Waals surface area contributed by atoms with Gasteiger partial charge in [-0.1, -0.05) is 0 Å². The van der Waals surface area contributed by atoms with Crippen molar-refractivity contribution >= 4 is 29.9 Å². The zero-order chi connectivity index (χ0) is 14.1. The zero-order valence-corrected chi connectivity index (χ0v) is 12.2. The molecule has 1 aromatic carbocycles. The predicted octanol–water partition coefficient (Wildman–Crippen LogP) is 0.906. The summed E-state index contributed by atoms with van der Waals surface area (Å²) in [5, 5.41) is 5.63. The Morgan fingerprint density at radius 1 is 1.48 bits per heavy atom. The molecule has 2 aliphatic rings. The molecule has 1 aliphatic carbocycles. The van der Waals surface area contributed by atoms with Crippen LogP contribution >= 0.6 is 12.4 Å². The maximum atomic E-state index is 12.2. The normalized spacial score (nSPS) is 17.7. The van der Waals surface area contributed by atoms with Crippen molar-refractivity contribution in [2.24, 2.45) is 11.7 Å². The van der Waals surface area contributed by atoms with Gasteiger partial charge < -0.3 is 21.1 Å². The number of amides is 2. The standard InChI is InChI=1S/C14H17N3O3.ClH/c15-6-11(8-1-2-8)17-14(19)9-3-4-12-10(5-9)16-13(18)7-20-12;/h3-5,8,11H,1-2,6-7,15H2,(H,16,18)(H,17,19);1H. The van der Waals surface area contributed by atoms with E-state index in [1.165, 1.54) is 0 Å². The number of ether oxygens (including phenoxy) is 1. The van der Waals surface area contributed by atoms with Crippen molar-refractivity contribution in [1.29, 1.82) is 0 Å². The second-order valence-corrected chi connectivity index (χ2v) is 5.20. The van der Waals surface area contributed by atoms with Gasteiger partial charge in [-0.05, 0) is 37.0 Å². The number of fused-ring (bicyclic) bond motifs is 1. The Morgan fingerprint density at radius 3 is 2.90 bits per heavy atom. The van der Waals surface area contributed by atoms with Gasteiger partial charge in [0.1, 0.15) is 5.75 Å². The van der Waals surface area contributed by atoms with Gasteiger partial charge in [0.2, 0.25) is 0 Å². The lowest BCUT2D eigenvalue weighted by atomic mass is 10.1. The number of carbonyl (C=O) groups excluding carboxylic acids is 2. The number of nitrogens with one attached hydrogen (secondary N) is 2. The molecule has 0 spiro atoms. The fourth-order valence-electron chi connectivity index (χ4n) is 2.34. The molecule has 114 valence electrons. The lowest BCUT2D eigenvalue weighted by molar-refractivity contribution is -0.118. The Kier molecular flexibility index (Phi) is 4.69. The van der Waals surface area contributed by atoms with Crippen LogP contribution in [0.1, 0.15) is 23.2 Å². The molecule has 1 aliphatic heterocycles. The van der Waals surface area contributed by atoms with E-state index in [9.17, 15) is 9.59 Å². The molecule has 1 fully saturated rings. The molecule has 1 aromatic rings. The lowest BCUT2D eigenvalue weighted by Crippen LogP contribution is -2.41. The number of hydrogen-bond acceptors (Lipinski definition) is 4. The minimum atomic E-state index is -0.215. The third-order valence-corrected chi connectivity index (χ3v) is 3.64. The number of anilines is 1. The van der Waals surface area contributed by atoms with Crippen molar-refractivity contribution in [2.45, 2.75) is 18.9 Å². The molecule has 1 heterocycles. The van der Waals surface area contributed by atoms with Gasteiger partial charge in [0.25, 0.3) is 11.8 Å². The van der Waals surface area contributed by atoms with Crippen LogP contribution in [-0.2, 0) is 4.79 Å². The largest absolute Gasteiger partial charge is 0.482 e. The molecular formula is C14H18ClN3O3. The molecule has 1 unspecified atom stereocenters. The molecule has 2 amide bonds. The van der Waals surface area contributed by atoms with Crippen LogP contribution in [0.4, 0.5) is 5.69 Å². The third kappa shape index (κ3) is 3.46. The minimum Gasteiger partial charge on any atom is -0.482 e. The van der Waals surface area contributed by atoms with E-state index in [1.807, 2.05) is 0 Å². The van der Waals surface area contributed by atoms with Gasteiger partial charge >= 0.3 is 0 Å². The summed E-state index contributed by atoms with van der Waals surface area (Å²) >= 11 is 0. The molecule has 1 saturated carbocycles. The molecular weight excluding hydrogens is 294 g/mol. The number of nitrogens with two attached hydrogens (primary N) is 1. The first-order chi connectivity index (χ1) is 9.67. The number of hydrogen-bond donors (Lipinski definition) is 3. The van der Waals surface area contributed by atoms with Crippen LogP contribution < -0.4 is 21.1 Å². The minimum absolute atomic E-state index is 0. The molecule has 21 heavy (non-hydrogen) atoms. The summed E-state index contributed by atoms with van der Waals surface area (Å²) < 4.78 is 5.26. The Bertz CT molecular complexity index is 560. The van der Waals surface area contributed by atoms with E-state index in [0.717, 1.165) is 12.8 Å². The molecule has 7 heteroatoms. The lowest BCUT2D eigenvalue weighted by Gasteiger charge is -2.19. The Labute approximate surface area is 128 Å². The van der Waals surface area contributed by atoms with Crippen LogP contribution in [0.3, 0.4) is 0 Å². The van der Waals surface area contributed by atoms with E-state index in [0.29, 0.717) is 29.5 Å². The van der Waals surface area contributed by atoms with Gasteiger partial charge in [0.15, 0.2) is 6.61 Å². The molecule has 0 bridgehead atoms. The highest BCUT2D eigenvalue weighted by molar-refractivity contribution is 5.99. The van der Waals surface area contributed by atoms with Crippen LogP contribution in [0, 0.1) is 5.92 Å². The molecule has 1 atom stereocenters. The molecule has 0 radical (unpaired) electrons. The van der Waals surface area contributed by atoms with Crippen molar-refractivity contribution in [3.05, 3.63) is 23.8 Å². The maximum absolute atomic E-state index is 12.2. The van der Waals surface area contributed by atoms with E-state index in [1.54, 1.807) is 18.2 Å². The van der Waals surface area contributed by atoms with Crippen molar-refractivity contribution < 1.29 is 14.3 Å². The Balaban J connectivity index is 0.00000161. The predicted molar refractivity (Wildman–Crippen MR) is 80.8 cm³/mol. The summed E-state index contributed by atoms with van der Waals surface area (Å²) in [5.41, 5.74) is 6.70. The number of rotatable bonds is 4. The van der Waals surface area contributed by atoms with Gasteiger partial charge in [-0.15, -0.1) is 12.4 Å². The van der Waals surface area contributed by atoms with Gasteiger partial charge in [-0.25, -0.2) is 0 Å². The summed E-state index contributed by atoms with van der Waals surface area (Å²) in [4.78, 5) is 23.5. The number of halogens is 1. The van der Waals surface area contributed by atoms with Crippen molar-refractivity contribution in [2.75, 3.05) is 18.5 Å². The first-order valence-corrected chi connectivity index (χ1v) is 6.75. The number of carbonyl (C=O) groups is 2. The van der Waals surface area contributed by atoms with E-state index >= 15 is 0 Å². The first kappa shape index (κ1) is 15.6. The highest BCUT2D eigenvalue weighted by Crippen LogP contribution is 2.32. The summed E-state index contributed by atoms with van der Waals surface area (Å²) in [6.45, 7) is 0.455. The van der Waals surface area contributed by atoms with Gasteiger partial charge in [-0.2, -0.15) is 0 Å². The van der Waals surface area contributed by atoms with Crippen molar-refractivity contribution in [3.63, 3.8) is 0 Å². The average Bonchev–Trinajstić information content (AvgIpc) is 3.28. The summed E-state index contributed by atoms with van der Waals surface area (Å²) in [6.07, 6.45) is 2.24. The zero-order valence-electron chi connectivity index (χ0n) is 11.4. The van der Waals surface area contributed by atoms with Crippen molar-refractivity contribution in [3.8, 4) is 5.75 Å². The smallest absolute Gasteiger partial charge is 0.262 e. The average molecular weight is 312 g/mol. The van der Waals surface area contributed by atoms with Gasteiger partial charge in [-0.3, -0.25) is 9.59 Å². The van der Waals surface area contributed by atoms with Crippen molar-refractivity contribution in [1.82, 2.24) is 5.32 Å². The third-order valence-electron chi connectivity index (χ3n) is 3.64. The quantitative estimate of drug-likeness (QED) is 0.770. The molecule has 0 saturated heterocycles. The maximum Gasteiger partial charge on any atom is 0.262 e. The van der Waals surface area contributed by atoms with Crippen LogP contribution in [-0.4, -0.2) is 31.0 Å². The molecule has 6 nitrogen and oxygen atoms in total. The van der Waals surface area contributed by atoms with E-state index in [-0.39, 0.29) is 36.9 Å². The van der Waals surface area contributed by atoms with E-state index in [4.69, 9.17) is 10.5 Å². The summed E-state index contributed by atoms with van der Waals surface area (Å²) in [6, 6.07) is 5.04. The van der Waals surface area contributed by atoms with Crippen LogP contribution in [0.2, 0.25) is 0 Å². The summed E-state index contributed by atoms with van der Waals surface area (Å²) in [5.74, 6) is 0.700. The Hall–Kier alpha value is -1.79. The highest BCUT2D eigenvalue weighted by Gasteiger charge is 2.31. The first-order valence-electron chi connectivity index (χ1n) is 6.75. The monoisotopic (exact) mass is 311 g/mol. The van der Waals surface area contributed by atoms with Gasteiger partial charge in [0, 0.05) is 18.2 Å². The van der Waals surface area contributed by atoms with E-state index < -0.39 is 0 Å².